The molecular formula is C11H13BrO3. The Morgan fingerprint density at radius 1 is 1.40 bits per heavy atom. The van der Waals surface area contributed by atoms with Crippen LogP contribution in [0.2, 0.25) is 0 Å². The highest BCUT2D eigenvalue weighted by atomic mass is 79.9. The van der Waals surface area contributed by atoms with Crippen LogP contribution in [0.4, 0.5) is 0 Å². The number of aldehydes is 1. The first-order valence-electron chi connectivity index (χ1n) is 4.90. The van der Waals surface area contributed by atoms with Crippen molar-refractivity contribution >= 4 is 22.2 Å². The summed E-state index contributed by atoms with van der Waals surface area (Å²) in [5, 5.41) is 0. The van der Waals surface area contributed by atoms with E-state index in [1.165, 1.54) is 0 Å². The van der Waals surface area contributed by atoms with Crippen molar-refractivity contribution < 1.29 is 13.9 Å². The largest absolute Gasteiger partial charge is 0.451 e. The summed E-state index contributed by atoms with van der Waals surface area (Å²) in [7, 11) is 0. The van der Waals surface area contributed by atoms with Gasteiger partial charge in [0, 0.05) is 0 Å². The highest BCUT2D eigenvalue weighted by Gasteiger charge is 2.46. The van der Waals surface area contributed by atoms with Crippen LogP contribution in [0.5, 0.6) is 0 Å². The van der Waals surface area contributed by atoms with Crippen molar-refractivity contribution in [3.8, 4) is 0 Å². The third-order valence-corrected chi connectivity index (χ3v) is 3.33. The van der Waals surface area contributed by atoms with E-state index in [1.807, 2.05) is 26.0 Å². The lowest BCUT2D eigenvalue weighted by molar-refractivity contribution is -0.139. The molecule has 1 aliphatic rings. The Balaban J connectivity index is 2.27. The Bertz CT molecular complexity index is 387. The van der Waals surface area contributed by atoms with Crippen molar-refractivity contribution in [1.29, 1.82) is 0 Å². The molecule has 2 rings (SSSR count). The fraction of sp³-hybridized carbons (Fsp3) is 0.545. The Kier molecular flexibility index (Phi) is 2.51. The zero-order chi connectivity index (χ0) is 11.1. The van der Waals surface area contributed by atoms with E-state index >= 15 is 0 Å². The van der Waals surface area contributed by atoms with Gasteiger partial charge in [0.25, 0.3) is 0 Å². The minimum atomic E-state index is -0.673. The highest BCUT2D eigenvalue weighted by molar-refractivity contribution is 9.10. The molecule has 1 fully saturated rings. The molecule has 0 aromatic carbocycles. The number of carbonyl (C=O) groups excluding carboxylic acids is 1. The van der Waals surface area contributed by atoms with Gasteiger partial charge in [-0.15, -0.1) is 0 Å². The van der Waals surface area contributed by atoms with Gasteiger partial charge in [0.05, 0.1) is 0 Å². The van der Waals surface area contributed by atoms with Gasteiger partial charge in [0.1, 0.15) is 17.0 Å². The van der Waals surface area contributed by atoms with E-state index in [0.717, 1.165) is 24.9 Å². The van der Waals surface area contributed by atoms with Crippen LogP contribution in [0.1, 0.15) is 32.4 Å². The summed E-state index contributed by atoms with van der Waals surface area (Å²) < 4.78 is 12.0. The third kappa shape index (κ3) is 1.88. The second-order valence-corrected chi connectivity index (χ2v) is 5.15. The summed E-state index contributed by atoms with van der Waals surface area (Å²) in [4.78, 5) is 10.9. The minimum Gasteiger partial charge on any atom is -0.451 e. The summed E-state index contributed by atoms with van der Waals surface area (Å²) in [5.74, 6) is 0.764. The average molecular weight is 273 g/mol. The molecule has 0 spiro atoms. The molecule has 0 saturated carbocycles. The van der Waals surface area contributed by atoms with E-state index in [9.17, 15) is 4.79 Å². The smallest absolute Gasteiger partial charge is 0.169 e. The number of ether oxygens (including phenoxy) is 1. The molecule has 82 valence electrons. The van der Waals surface area contributed by atoms with E-state index in [2.05, 4.69) is 15.9 Å². The Morgan fingerprint density at radius 2 is 2.13 bits per heavy atom. The van der Waals surface area contributed by atoms with Crippen LogP contribution >= 0.6 is 15.9 Å². The number of furan rings is 1. The first-order valence-corrected chi connectivity index (χ1v) is 5.69. The SMILES string of the molecule is CC1(C=O)CCC(C)(c2ccc(Br)o2)O1. The van der Waals surface area contributed by atoms with Gasteiger partial charge in [-0.25, -0.2) is 0 Å². The first-order chi connectivity index (χ1) is 6.97. The Hall–Kier alpha value is -0.610. The zero-order valence-corrected chi connectivity index (χ0v) is 10.3. The highest BCUT2D eigenvalue weighted by Crippen LogP contribution is 2.44. The molecule has 2 heterocycles. The molecule has 2 unspecified atom stereocenters. The zero-order valence-electron chi connectivity index (χ0n) is 8.75. The van der Waals surface area contributed by atoms with Gasteiger partial charge in [-0.2, -0.15) is 0 Å². The number of hydrogen-bond acceptors (Lipinski definition) is 3. The predicted octanol–water partition coefficient (Wildman–Crippen LogP) is 3.03. The first kappa shape index (κ1) is 10.9. The quantitative estimate of drug-likeness (QED) is 0.777. The molecule has 1 saturated heterocycles. The molecular weight excluding hydrogens is 260 g/mol. The monoisotopic (exact) mass is 272 g/mol. The molecule has 0 aliphatic carbocycles. The minimum absolute atomic E-state index is 0.484. The van der Waals surface area contributed by atoms with E-state index < -0.39 is 11.2 Å². The summed E-state index contributed by atoms with van der Waals surface area (Å²) in [5.41, 5.74) is -1.16. The lowest BCUT2D eigenvalue weighted by Gasteiger charge is -2.24. The van der Waals surface area contributed by atoms with Crippen molar-refractivity contribution in [1.82, 2.24) is 0 Å². The van der Waals surface area contributed by atoms with E-state index in [-0.39, 0.29) is 0 Å². The maximum absolute atomic E-state index is 10.9. The van der Waals surface area contributed by atoms with Crippen LogP contribution in [-0.2, 0) is 15.1 Å². The van der Waals surface area contributed by atoms with Crippen LogP contribution < -0.4 is 0 Å². The van der Waals surface area contributed by atoms with Crippen LogP contribution in [0.3, 0.4) is 0 Å². The molecule has 15 heavy (non-hydrogen) atoms. The van der Waals surface area contributed by atoms with Crippen LogP contribution in [0.25, 0.3) is 0 Å². The van der Waals surface area contributed by atoms with Crippen LogP contribution in [0, 0.1) is 0 Å². The normalized spacial score (nSPS) is 35.7. The van der Waals surface area contributed by atoms with Gasteiger partial charge in [0.15, 0.2) is 11.0 Å². The summed E-state index contributed by atoms with van der Waals surface area (Å²) in [6, 6.07) is 3.71. The van der Waals surface area contributed by atoms with E-state index in [4.69, 9.17) is 9.15 Å². The van der Waals surface area contributed by atoms with Gasteiger partial charge in [0.2, 0.25) is 0 Å². The topological polar surface area (TPSA) is 39.4 Å². The molecule has 0 N–H and O–H groups in total. The maximum atomic E-state index is 10.9. The molecule has 1 aliphatic heterocycles. The predicted molar refractivity (Wildman–Crippen MR) is 58.5 cm³/mol. The van der Waals surface area contributed by atoms with Gasteiger partial charge < -0.3 is 13.9 Å². The van der Waals surface area contributed by atoms with Crippen molar-refractivity contribution in [2.45, 2.75) is 37.9 Å². The third-order valence-electron chi connectivity index (χ3n) is 2.90. The van der Waals surface area contributed by atoms with Crippen molar-refractivity contribution in [3.05, 3.63) is 22.6 Å². The number of hydrogen-bond donors (Lipinski definition) is 0. The molecule has 0 amide bonds. The van der Waals surface area contributed by atoms with Gasteiger partial charge in [-0.05, 0) is 54.8 Å². The summed E-state index contributed by atoms with van der Waals surface area (Å²) in [6.07, 6.45) is 2.39. The van der Waals surface area contributed by atoms with Gasteiger partial charge in [-0.3, -0.25) is 0 Å². The molecule has 1 aromatic rings. The summed E-state index contributed by atoms with van der Waals surface area (Å²) in [6.45, 7) is 3.76. The summed E-state index contributed by atoms with van der Waals surface area (Å²) >= 11 is 3.26. The Labute approximate surface area is 96.9 Å². The second kappa shape index (κ2) is 3.46. The lowest BCUT2D eigenvalue weighted by atomic mass is 9.97. The van der Waals surface area contributed by atoms with Crippen LogP contribution in [-0.4, -0.2) is 11.9 Å². The standard InChI is InChI=1S/C11H13BrO3/c1-10(7-13)5-6-11(2,15-10)8-3-4-9(12)14-8/h3-4,7H,5-6H2,1-2H3. The fourth-order valence-corrected chi connectivity index (χ4v) is 2.26. The second-order valence-electron chi connectivity index (χ2n) is 4.37. The Morgan fingerprint density at radius 3 is 2.60 bits per heavy atom. The molecule has 3 nitrogen and oxygen atoms in total. The lowest BCUT2D eigenvalue weighted by Crippen LogP contribution is -2.30. The van der Waals surface area contributed by atoms with E-state index in [1.54, 1.807) is 0 Å². The molecule has 0 bridgehead atoms. The van der Waals surface area contributed by atoms with Gasteiger partial charge >= 0.3 is 0 Å². The van der Waals surface area contributed by atoms with Crippen LogP contribution in [0.15, 0.2) is 21.2 Å². The molecule has 1 aromatic heterocycles. The van der Waals surface area contributed by atoms with Crippen molar-refractivity contribution in [3.63, 3.8) is 0 Å². The van der Waals surface area contributed by atoms with Crippen molar-refractivity contribution in [2.75, 3.05) is 0 Å². The maximum Gasteiger partial charge on any atom is 0.169 e. The number of rotatable bonds is 2. The number of halogens is 1. The molecule has 0 radical (unpaired) electrons. The van der Waals surface area contributed by atoms with E-state index in [0.29, 0.717) is 4.67 Å². The number of carbonyl (C=O) groups is 1. The molecule has 4 heteroatoms. The molecule has 2 atom stereocenters. The van der Waals surface area contributed by atoms with Gasteiger partial charge in [-0.1, -0.05) is 0 Å². The fourth-order valence-electron chi connectivity index (χ4n) is 1.96. The average Bonchev–Trinajstić information content (AvgIpc) is 2.74. The van der Waals surface area contributed by atoms with Crippen molar-refractivity contribution in [2.24, 2.45) is 0 Å².